The van der Waals surface area contributed by atoms with E-state index in [0.29, 0.717) is 51.8 Å². The van der Waals surface area contributed by atoms with Gasteiger partial charge in [-0.1, -0.05) is 12.1 Å². The van der Waals surface area contributed by atoms with Crippen LogP contribution in [0.4, 0.5) is 17.1 Å². The number of H-pyrrole nitrogens is 1. The summed E-state index contributed by atoms with van der Waals surface area (Å²) >= 11 is 2.82. The standard InChI is InChI=1S/C16H15N3O3.C16H10N2O2.C14H16N4.C5H7BrO3.3CO2/c1-22-16(21)14-11(8-10-2-5-17-6-3-10)15(20)12-9-18-7-4-13(12)19-14;19-15-10-3-1-2-4-13(10)18-14-11(15)7-9-5-6-17-8-12(9)16(14)20;1-11(17-13-3-7-15-8-4-13)12(2)18-14-5-9-16-10-6-14;1-3(7)4(6)5(8)9-2;3*2-1-3/h2-7,9,11,14,19H,8H2,1H3;1-6,8H,7H2,(H,18,19);3-10H,1-2H3,(H,15,17)(H,16,18);7H,1-2H3;;;/b;;12-11-;4-3+;;;. The molecule has 6 aromatic heterocycles. The largest absolute Gasteiger partial charge is 0.511 e. The van der Waals surface area contributed by atoms with Crippen LogP contribution in [0.15, 0.2) is 161 Å². The minimum absolute atomic E-state index is 0.0602. The predicted octanol–water partition coefficient (Wildman–Crippen LogP) is 6.39. The van der Waals surface area contributed by atoms with Crippen LogP contribution in [0.1, 0.15) is 63.9 Å². The summed E-state index contributed by atoms with van der Waals surface area (Å²) in [7, 11) is 2.56. The number of pyridine rings is 6. The smallest absolute Gasteiger partial charge is 0.373 e. The van der Waals surface area contributed by atoms with Crippen LogP contribution in [-0.4, -0.2) is 97.2 Å². The molecule has 0 radical (unpaired) electrons. The molecule has 0 fully saturated rings. The Hall–Kier alpha value is -10.2. The Balaban J connectivity index is 0.000000268. The third-order valence-corrected chi connectivity index (χ3v) is 11.7. The van der Waals surface area contributed by atoms with E-state index in [-0.39, 0.29) is 45.7 Å². The number of ether oxygens (including phenoxy) is 2. The quantitative estimate of drug-likeness (QED) is 0.0625. The van der Waals surface area contributed by atoms with Crippen molar-refractivity contribution in [3.63, 3.8) is 0 Å². The summed E-state index contributed by atoms with van der Waals surface area (Å²) in [6.07, 6.45) is 18.4. The van der Waals surface area contributed by atoms with Crippen LogP contribution in [0.5, 0.6) is 0 Å². The molecular weight excluding hydrogens is 1080 g/mol. The molecular formula is C54H48BrN9O14. The van der Waals surface area contributed by atoms with Gasteiger partial charge in [0.2, 0.25) is 5.78 Å². The second-order valence-electron chi connectivity index (χ2n) is 15.6. The van der Waals surface area contributed by atoms with Crippen LogP contribution < -0.4 is 21.4 Å². The van der Waals surface area contributed by atoms with Crippen molar-refractivity contribution in [2.24, 2.45) is 5.92 Å². The number of rotatable bonds is 8. The molecule has 2 unspecified atom stereocenters. The first-order chi connectivity index (χ1) is 37.5. The van der Waals surface area contributed by atoms with Crippen molar-refractivity contribution in [3.05, 3.63) is 200 Å². The molecule has 0 amide bonds. The number of hydrogen-bond acceptors (Lipinski definition) is 22. The number of aromatic nitrogens is 6. The number of halogens is 1. The van der Waals surface area contributed by atoms with E-state index in [4.69, 9.17) is 38.6 Å². The monoisotopic (exact) mass is 1130 g/mol. The lowest BCUT2D eigenvalue weighted by atomic mass is 9.82. The number of aliphatic hydroxyl groups excluding tert-OH is 1. The topological polar surface area (TPSA) is 343 Å². The van der Waals surface area contributed by atoms with E-state index in [2.05, 4.69) is 66.5 Å². The summed E-state index contributed by atoms with van der Waals surface area (Å²) in [6, 6.07) is 21.4. The van der Waals surface area contributed by atoms with Gasteiger partial charge < -0.3 is 35.5 Å². The van der Waals surface area contributed by atoms with Crippen LogP contribution >= 0.6 is 15.9 Å². The molecule has 78 heavy (non-hydrogen) atoms. The van der Waals surface area contributed by atoms with Crippen LogP contribution in [0.3, 0.4) is 0 Å². The predicted molar refractivity (Wildman–Crippen MR) is 280 cm³/mol. The average molecular weight is 1130 g/mol. The highest BCUT2D eigenvalue weighted by Gasteiger charge is 2.40. The lowest BCUT2D eigenvalue weighted by molar-refractivity contribution is -0.193. The third kappa shape index (κ3) is 18.3. The number of carbonyl (C=O) groups excluding carboxylic acids is 10. The van der Waals surface area contributed by atoms with E-state index < -0.39 is 23.9 Å². The highest BCUT2D eigenvalue weighted by atomic mass is 79.9. The minimum atomic E-state index is -0.708. The van der Waals surface area contributed by atoms with E-state index in [1.54, 1.807) is 74.0 Å². The number of esters is 2. The maximum Gasteiger partial charge on any atom is 0.373 e. The van der Waals surface area contributed by atoms with Crippen LogP contribution in [-0.2, 0) is 60.7 Å². The van der Waals surface area contributed by atoms with Crippen LogP contribution in [0.2, 0.25) is 0 Å². The lowest BCUT2D eigenvalue weighted by Crippen LogP contribution is -2.46. The molecule has 7 heterocycles. The molecule has 0 saturated heterocycles. The van der Waals surface area contributed by atoms with Gasteiger partial charge in [0.25, 0.3) is 0 Å². The zero-order chi connectivity index (χ0) is 57.6. The Kier molecular flexibility index (Phi) is 26.1. The zero-order valence-electron chi connectivity index (χ0n) is 42.1. The number of allylic oxidation sites excluding steroid dienone is 3. The maximum atomic E-state index is 12.7. The van der Waals surface area contributed by atoms with E-state index in [0.717, 1.165) is 33.9 Å². The van der Waals surface area contributed by atoms with Gasteiger partial charge in [-0.2, -0.15) is 28.8 Å². The third-order valence-electron chi connectivity index (χ3n) is 10.8. The molecule has 7 aromatic rings. The first-order valence-corrected chi connectivity index (χ1v) is 23.3. The van der Waals surface area contributed by atoms with E-state index in [1.165, 1.54) is 27.3 Å². The summed E-state index contributed by atoms with van der Waals surface area (Å²) in [6.45, 7) is 5.45. The van der Waals surface area contributed by atoms with Crippen LogP contribution in [0.25, 0.3) is 10.9 Å². The molecule has 24 heteroatoms. The fourth-order valence-electron chi connectivity index (χ4n) is 7.14. The van der Waals surface area contributed by atoms with Crippen molar-refractivity contribution in [1.82, 2.24) is 29.9 Å². The Morgan fingerprint density at radius 3 is 1.67 bits per heavy atom. The van der Waals surface area contributed by atoms with Gasteiger partial charge in [-0.05, 0) is 115 Å². The molecule has 23 nitrogen and oxygen atoms in total. The molecule has 1 aliphatic heterocycles. The SMILES string of the molecule is C/C(Nc1ccncc1)=C(\C)Nc1ccncc1.COC(=O)/C(Br)=C(/C)O.COC(=O)C1Nc2ccncc2C(=O)C1Cc1ccncc1.O=C1c2cnccc2Cc2c1[nH]c1ccccc1c2=O.O=C=O.O=C=O.O=C=O. The van der Waals surface area contributed by atoms with Crippen molar-refractivity contribution < 1.29 is 62.5 Å². The van der Waals surface area contributed by atoms with Crippen molar-refractivity contribution >= 4 is 85.9 Å². The first-order valence-electron chi connectivity index (χ1n) is 22.5. The number of benzene rings is 1. The van der Waals surface area contributed by atoms with Crippen molar-refractivity contribution in [2.45, 2.75) is 39.7 Å². The molecule has 0 spiro atoms. The Morgan fingerprint density at radius 1 is 0.679 bits per heavy atom. The molecule has 0 saturated carbocycles. The normalized spacial score (nSPS) is 13.4. The summed E-state index contributed by atoms with van der Waals surface area (Å²) in [4.78, 5) is 132. The highest BCUT2D eigenvalue weighted by molar-refractivity contribution is 9.12. The number of methoxy groups -OCH3 is 2. The molecule has 1 aliphatic carbocycles. The number of fused-ring (bicyclic) bond motifs is 4. The van der Waals surface area contributed by atoms with E-state index >= 15 is 0 Å². The van der Waals surface area contributed by atoms with Gasteiger partial charge in [-0.3, -0.25) is 39.3 Å². The van der Waals surface area contributed by atoms with Crippen molar-refractivity contribution in [2.75, 3.05) is 30.2 Å². The summed E-state index contributed by atoms with van der Waals surface area (Å²) in [5.74, 6) is -1.90. The Bertz CT molecular complexity index is 3310. The number of para-hydroxylation sites is 1. The molecule has 400 valence electrons. The second kappa shape index (κ2) is 32.8. The summed E-state index contributed by atoms with van der Waals surface area (Å²) in [5, 5.41) is 19.0. The number of ketones is 2. The molecule has 0 bridgehead atoms. The van der Waals surface area contributed by atoms with Gasteiger partial charge in [-0.15, -0.1) is 0 Å². The first kappa shape index (κ1) is 62.1. The van der Waals surface area contributed by atoms with Gasteiger partial charge in [-0.25, -0.2) is 9.59 Å². The maximum absolute atomic E-state index is 12.7. The number of carbonyl (C=O) groups is 4. The van der Waals surface area contributed by atoms with Gasteiger partial charge in [0.15, 0.2) is 11.2 Å². The van der Waals surface area contributed by atoms with Crippen molar-refractivity contribution in [3.8, 4) is 0 Å². The fourth-order valence-corrected chi connectivity index (χ4v) is 7.31. The van der Waals surface area contributed by atoms with Crippen LogP contribution in [0, 0.1) is 5.92 Å². The number of nitrogens with zero attached hydrogens (tertiary/aromatic N) is 5. The molecule has 9 rings (SSSR count). The molecule has 5 N–H and O–H groups in total. The Labute approximate surface area is 452 Å². The number of nitrogens with one attached hydrogen (secondary N) is 4. The Morgan fingerprint density at radius 2 is 1.17 bits per heavy atom. The number of aromatic amines is 1. The van der Waals surface area contributed by atoms with Crippen molar-refractivity contribution in [1.29, 1.82) is 0 Å². The van der Waals surface area contributed by atoms with Gasteiger partial charge in [0.05, 0.1) is 31.4 Å². The number of hydrogen-bond donors (Lipinski definition) is 5. The highest BCUT2D eigenvalue weighted by Crippen LogP contribution is 2.31. The van der Waals surface area contributed by atoms with E-state index in [1.807, 2.05) is 68.4 Å². The molecule has 2 aliphatic rings. The fraction of sp³-hybridized carbons (Fsp3) is 0.167. The number of Topliss-reactive ketones (excluding diaryl/α,β-unsaturated/α-hetero) is 1. The second-order valence-corrected chi connectivity index (χ2v) is 16.4. The average Bonchev–Trinajstić information content (AvgIpc) is 3.47. The number of aliphatic hydroxyl groups is 1. The minimum Gasteiger partial charge on any atom is -0.511 e. The number of anilines is 3. The van der Waals surface area contributed by atoms with Gasteiger partial charge in [0, 0.05) is 119 Å². The van der Waals surface area contributed by atoms with E-state index in [9.17, 15) is 24.0 Å². The lowest BCUT2D eigenvalue weighted by Gasteiger charge is -2.31. The van der Waals surface area contributed by atoms with Gasteiger partial charge in [0.1, 0.15) is 16.3 Å². The summed E-state index contributed by atoms with van der Waals surface area (Å²) in [5.41, 5.74) is 9.25. The molecule has 1 aromatic carbocycles. The summed E-state index contributed by atoms with van der Waals surface area (Å²) < 4.78 is 9.17. The molecule has 2 atom stereocenters. The van der Waals surface area contributed by atoms with Gasteiger partial charge >= 0.3 is 30.4 Å². The zero-order valence-corrected chi connectivity index (χ0v) is 43.7.